The van der Waals surface area contributed by atoms with Crippen LogP contribution < -0.4 is 11.1 Å². The van der Waals surface area contributed by atoms with Crippen LogP contribution in [-0.2, 0) is 26.1 Å². The second-order valence-electron chi connectivity index (χ2n) is 4.58. The number of amides is 2. The predicted octanol–water partition coefficient (Wildman–Crippen LogP) is -0.916. The minimum atomic E-state index is -3.67. The van der Waals surface area contributed by atoms with Gasteiger partial charge in [-0.25, -0.2) is 0 Å². The highest BCUT2D eigenvalue weighted by atomic mass is 32.2. The minimum Gasteiger partial charge on any atom is -0.391 e. The van der Waals surface area contributed by atoms with Crippen LogP contribution in [0.25, 0.3) is 0 Å². The minimum absolute atomic E-state index is 0.150. The Kier molecular flexibility index (Phi) is 8.31. The van der Waals surface area contributed by atoms with Crippen LogP contribution in [-0.4, -0.2) is 48.3 Å². The second-order valence-corrected chi connectivity index (χ2v) is 6.05. The standard InChI is InChI=1S/C12H16N2O3.CH4O3S/c1-8(15)11(12(13)17)14-10(16)7-9-5-3-2-4-6-9;1-5(2,3)4/h2-6,8,11,15H,7H2,1H3,(H2,13,17)(H,14,16);1H3,(H,2,3,4)/t8-,11+;/m1./s1. The van der Waals surface area contributed by atoms with Crippen LogP contribution in [0.15, 0.2) is 30.3 Å². The molecule has 0 saturated carbocycles. The molecule has 0 spiro atoms. The summed E-state index contributed by atoms with van der Waals surface area (Å²) in [4.78, 5) is 22.6. The smallest absolute Gasteiger partial charge is 0.261 e. The molecule has 1 rings (SSSR count). The highest BCUT2D eigenvalue weighted by Crippen LogP contribution is 2.00. The summed E-state index contributed by atoms with van der Waals surface area (Å²) in [6.07, 6.45) is -0.142. The molecule has 2 atom stereocenters. The molecular formula is C13H20N2O6S. The lowest BCUT2D eigenvalue weighted by molar-refractivity contribution is -0.129. The molecule has 0 aromatic heterocycles. The van der Waals surface area contributed by atoms with Crippen molar-refractivity contribution in [3.63, 3.8) is 0 Å². The van der Waals surface area contributed by atoms with Crippen LogP contribution >= 0.6 is 0 Å². The fraction of sp³-hybridized carbons (Fsp3) is 0.385. The molecule has 8 nitrogen and oxygen atoms in total. The first-order chi connectivity index (χ1) is 10.0. The quantitative estimate of drug-likeness (QED) is 0.513. The topological polar surface area (TPSA) is 147 Å². The fourth-order valence-corrected chi connectivity index (χ4v) is 1.44. The molecule has 5 N–H and O–H groups in total. The van der Waals surface area contributed by atoms with E-state index in [0.717, 1.165) is 5.56 Å². The monoisotopic (exact) mass is 332 g/mol. The zero-order valence-electron chi connectivity index (χ0n) is 12.3. The van der Waals surface area contributed by atoms with Gasteiger partial charge in [0.2, 0.25) is 11.8 Å². The summed E-state index contributed by atoms with van der Waals surface area (Å²) in [6.45, 7) is 1.40. The van der Waals surface area contributed by atoms with Crippen LogP contribution in [0.1, 0.15) is 12.5 Å². The van der Waals surface area contributed by atoms with Gasteiger partial charge >= 0.3 is 0 Å². The molecular weight excluding hydrogens is 312 g/mol. The molecule has 22 heavy (non-hydrogen) atoms. The van der Waals surface area contributed by atoms with Gasteiger partial charge in [0.25, 0.3) is 10.1 Å². The largest absolute Gasteiger partial charge is 0.391 e. The number of aliphatic hydroxyl groups is 1. The summed E-state index contributed by atoms with van der Waals surface area (Å²) in [5.74, 6) is -1.10. The Balaban J connectivity index is 0.000000763. The van der Waals surface area contributed by atoms with Crippen molar-refractivity contribution < 1.29 is 27.7 Å². The molecule has 0 unspecified atom stereocenters. The Morgan fingerprint density at radius 3 is 2.09 bits per heavy atom. The van der Waals surface area contributed by atoms with Crippen molar-refractivity contribution in [3.05, 3.63) is 35.9 Å². The maximum Gasteiger partial charge on any atom is 0.261 e. The fourth-order valence-electron chi connectivity index (χ4n) is 1.44. The van der Waals surface area contributed by atoms with Gasteiger partial charge in [-0.3, -0.25) is 14.1 Å². The second kappa shape index (κ2) is 9.13. The molecule has 0 heterocycles. The van der Waals surface area contributed by atoms with E-state index in [-0.39, 0.29) is 12.3 Å². The first-order valence-electron chi connectivity index (χ1n) is 6.24. The van der Waals surface area contributed by atoms with E-state index < -0.39 is 28.2 Å². The lowest BCUT2D eigenvalue weighted by Crippen LogP contribution is -2.51. The molecule has 1 aromatic carbocycles. The zero-order chi connectivity index (χ0) is 17.3. The number of carbonyl (C=O) groups is 2. The summed E-state index contributed by atoms with van der Waals surface area (Å²) >= 11 is 0. The number of rotatable bonds is 5. The van der Waals surface area contributed by atoms with E-state index >= 15 is 0 Å². The van der Waals surface area contributed by atoms with Crippen LogP contribution in [0.4, 0.5) is 0 Å². The van der Waals surface area contributed by atoms with Gasteiger partial charge in [-0.05, 0) is 12.5 Å². The predicted molar refractivity (Wildman–Crippen MR) is 80.4 cm³/mol. The van der Waals surface area contributed by atoms with E-state index in [4.69, 9.17) is 10.3 Å². The van der Waals surface area contributed by atoms with Gasteiger partial charge < -0.3 is 16.2 Å². The first-order valence-corrected chi connectivity index (χ1v) is 8.08. The summed E-state index contributed by atoms with van der Waals surface area (Å²) in [6, 6.07) is 8.06. The number of nitrogens with one attached hydrogen (secondary N) is 1. The number of hydrogen-bond acceptors (Lipinski definition) is 5. The van der Waals surface area contributed by atoms with Gasteiger partial charge in [-0.1, -0.05) is 30.3 Å². The van der Waals surface area contributed by atoms with E-state index in [2.05, 4.69) is 5.32 Å². The van der Waals surface area contributed by atoms with Crippen molar-refractivity contribution >= 4 is 21.9 Å². The zero-order valence-corrected chi connectivity index (χ0v) is 13.1. The van der Waals surface area contributed by atoms with Gasteiger partial charge in [0.05, 0.1) is 18.8 Å². The summed E-state index contributed by atoms with van der Waals surface area (Å²) in [5, 5.41) is 11.7. The van der Waals surface area contributed by atoms with Crippen LogP contribution in [0.3, 0.4) is 0 Å². The van der Waals surface area contributed by atoms with Gasteiger partial charge in [-0.15, -0.1) is 0 Å². The van der Waals surface area contributed by atoms with Gasteiger partial charge in [-0.2, -0.15) is 8.42 Å². The number of primary amides is 1. The number of aliphatic hydroxyl groups excluding tert-OH is 1. The highest BCUT2D eigenvalue weighted by molar-refractivity contribution is 7.85. The Morgan fingerprint density at radius 2 is 1.73 bits per heavy atom. The average molecular weight is 332 g/mol. The van der Waals surface area contributed by atoms with E-state index in [9.17, 15) is 23.1 Å². The van der Waals surface area contributed by atoms with Crippen molar-refractivity contribution in [1.82, 2.24) is 5.32 Å². The number of hydrogen-bond donors (Lipinski definition) is 4. The van der Waals surface area contributed by atoms with E-state index in [1.165, 1.54) is 6.92 Å². The number of carbonyl (C=O) groups excluding carboxylic acids is 2. The average Bonchev–Trinajstić information content (AvgIpc) is 2.34. The molecule has 1 aromatic rings. The Hall–Kier alpha value is -1.97. The molecule has 0 saturated heterocycles. The van der Waals surface area contributed by atoms with E-state index in [1.807, 2.05) is 18.2 Å². The van der Waals surface area contributed by atoms with Gasteiger partial charge in [0, 0.05) is 0 Å². The highest BCUT2D eigenvalue weighted by Gasteiger charge is 2.22. The van der Waals surface area contributed by atoms with Gasteiger partial charge in [0.1, 0.15) is 6.04 Å². The SMILES string of the molecule is CS(=O)(=O)O.C[C@@H](O)[C@H](NC(=O)Cc1ccccc1)C(N)=O. The van der Waals surface area contributed by atoms with Gasteiger partial charge in [0.15, 0.2) is 0 Å². The molecule has 0 aliphatic rings. The molecule has 0 aliphatic carbocycles. The van der Waals surface area contributed by atoms with Crippen molar-refractivity contribution in [1.29, 1.82) is 0 Å². The number of nitrogens with two attached hydrogens (primary N) is 1. The van der Waals surface area contributed by atoms with Crippen LogP contribution in [0, 0.1) is 0 Å². The lowest BCUT2D eigenvalue weighted by atomic mass is 10.1. The Bertz CT molecular complexity index is 578. The number of benzene rings is 1. The maximum absolute atomic E-state index is 11.6. The molecule has 2 amide bonds. The molecule has 0 radical (unpaired) electrons. The van der Waals surface area contributed by atoms with Crippen LogP contribution in [0.5, 0.6) is 0 Å². The van der Waals surface area contributed by atoms with E-state index in [0.29, 0.717) is 6.26 Å². The summed E-state index contributed by atoms with van der Waals surface area (Å²) < 4.78 is 25.9. The first kappa shape index (κ1) is 20.0. The third kappa shape index (κ3) is 10.8. The molecule has 9 heteroatoms. The molecule has 0 bridgehead atoms. The lowest BCUT2D eigenvalue weighted by Gasteiger charge is -2.17. The molecule has 0 aliphatic heterocycles. The molecule has 0 fully saturated rings. The Labute approximate surface area is 129 Å². The van der Waals surface area contributed by atoms with Crippen molar-refractivity contribution in [3.8, 4) is 0 Å². The Morgan fingerprint density at radius 1 is 1.27 bits per heavy atom. The van der Waals surface area contributed by atoms with Crippen molar-refractivity contribution in [2.24, 2.45) is 5.73 Å². The van der Waals surface area contributed by atoms with Crippen LogP contribution in [0.2, 0.25) is 0 Å². The third-order valence-electron chi connectivity index (χ3n) is 2.31. The normalized spacial score (nSPS) is 13.3. The summed E-state index contributed by atoms with van der Waals surface area (Å²) in [5.41, 5.74) is 5.90. The maximum atomic E-state index is 11.6. The van der Waals surface area contributed by atoms with Crippen molar-refractivity contribution in [2.75, 3.05) is 6.26 Å². The van der Waals surface area contributed by atoms with E-state index in [1.54, 1.807) is 12.1 Å². The third-order valence-corrected chi connectivity index (χ3v) is 2.31. The summed E-state index contributed by atoms with van der Waals surface area (Å²) in [7, 11) is -3.67. The molecule has 124 valence electrons. The van der Waals surface area contributed by atoms with Crippen molar-refractivity contribution in [2.45, 2.75) is 25.5 Å².